The molecule has 1 N–H and O–H groups in total. The number of carboxylic acid groups (broad SMARTS) is 1. The molecule has 0 aliphatic rings. The van der Waals surface area contributed by atoms with Crippen LogP contribution in [-0.4, -0.2) is 18.1 Å². The van der Waals surface area contributed by atoms with E-state index in [4.69, 9.17) is 16.7 Å². The SMILES string of the molecule is CC(c1cccs1)N(C)c1ccc(C(=O)O)c(Cl)c1. The Morgan fingerprint density at radius 3 is 2.68 bits per heavy atom. The van der Waals surface area contributed by atoms with E-state index in [9.17, 15) is 4.79 Å². The Hall–Kier alpha value is -1.52. The largest absolute Gasteiger partial charge is 0.478 e. The smallest absolute Gasteiger partial charge is 0.337 e. The molecule has 0 amide bonds. The first-order valence-corrected chi connectivity index (χ1v) is 7.05. The Kier molecular flexibility index (Phi) is 4.12. The molecule has 19 heavy (non-hydrogen) atoms. The van der Waals surface area contributed by atoms with Gasteiger partial charge in [0.2, 0.25) is 0 Å². The van der Waals surface area contributed by atoms with Crippen molar-refractivity contribution in [1.82, 2.24) is 0 Å². The fourth-order valence-electron chi connectivity index (χ4n) is 1.84. The van der Waals surface area contributed by atoms with E-state index < -0.39 is 5.97 Å². The lowest BCUT2D eigenvalue weighted by Crippen LogP contribution is -2.20. The first-order valence-electron chi connectivity index (χ1n) is 5.79. The van der Waals surface area contributed by atoms with Crippen LogP contribution in [0.1, 0.15) is 28.2 Å². The summed E-state index contributed by atoms with van der Waals surface area (Å²) in [6.45, 7) is 2.10. The molecule has 0 bridgehead atoms. The summed E-state index contributed by atoms with van der Waals surface area (Å²) in [7, 11) is 1.97. The summed E-state index contributed by atoms with van der Waals surface area (Å²) in [6.07, 6.45) is 0. The second-order valence-corrected chi connectivity index (χ2v) is 5.66. The van der Waals surface area contributed by atoms with Gasteiger partial charge in [-0.25, -0.2) is 4.79 Å². The van der Waals surface area contributed by atoms with Crippen molar-refractivity contribution in [3.63, 3.8) is 0 Å². The number of rotatable bonds is 4. The van der Waals surface area contributed by atoms with Crippen molar-refractivity contribution in [2.24, 2.45) is 0 Å². The molecule has 3 nitrogen and oxygen atoms in total. The normalized spacial score (nSPS) is 12.2. The zero-order chi connectivity index (χ0) is 14.0. The fourth-order valence-corrected chi connectivity index (χ4v) is 2.92. The van der Waals surface area contributed by atoms with Crippen molar-refractivity contribution >= 4 is 34.6 Å². The van der Waals surface area contributed by atoms with Gasteiger partial charge in [0.05, 0.1) is 16.6 Å². The first-order chi connectivity index (χ1) is 9.00. The van der Waals surface area contributed by atoms with Crippen LogP contribution in [0.3, 0.4) is 0 Å². The number of anilines is 1. The summed E-state index contributed by atoms with van der Waals surface area (Å²) >= 11 is 7.69. The number of benzene rings is 1. The van der Waals surface area contributed by atoms with Gasteiger partial charge in [0.15, 0.2) is 0 Å². The third-order valence-electron chi connectivity index (χ3n) is 3.13. The van der Waals surface area contributed by atoms with Gasteiger partial charge in [-0.05, 0) is 36.6 Å². The molecule has 0 spiro atoms. The highest BCUT2D eigenvalue weighted by Crippen LogP contribution is 2.30. The monoisotopic (exact) mass is 295 g/mol. The second-order valence-electron chi connectivity index (χ2n) is 4.27. The molecule has 0 saturated carbocycles. The number of thiophene rings is 1. The highest BCUT2D eigenvalue weighted by atomic mass is 35.5. The molecular weight excluding hydrogens is 282 g/mol. The van der Waals surface area contributed by atoms with Crippen molar-refractivity contribution in [3.05, 3.63) is 51.2 Å². The van der Waals surface area contributed by atoms with Crippen LogP contribution in [0.2, 0.25) is 5.02 Å². The van der Waals surface area contributed by atoms with Crippen LogP contribution in [0.15, 0.2) is 35.7 Å². The highest BCUT2D eigenvalue weighted by Gasteiger charge is 2.15. The summed E-state index contributed by atoms with van der Waals surface area (Å²) in [6, 6.07) is 9.32. The van der Waals surface area contributed by atoms with E-state index in [1.54, 1.807) is 23.5 Å². The van der Waals surface area contributed by atoms with Gasteiger partial charge in [0.1, 0.15) is 0 Å². The van der Waals surface area contributed by atoms with Gasteiger partial charge in [-0.1, -0.05) is 17.7 Å². The maximum Gasteiger partial charge on any atom is 0.337 e. The quantitative estimate of drug-likeness (QED) is 0.914. The van der Waals surface area contributed by atoms with Crippen molar-refractivity contribution in [2.45, 2.75) is 13.0 Å². The van der Waals surface area contributed by atoms with E-state index >= 15 is 0 Å². The third-order valence-corrected chi connectivity index (χ3v) is 4.48. The van der Waals surface area contributed by atoms with Crippen LogP contribution in [0.25, 0.3) is 0 Å². The molecule has 2 aromatic rings. The highest BCUT2D eigenvalue weighted by molar-refractivity contribution is 7.10. The van der Waals surface area contributed by atoms with Crippen molar-refractivity contribution in [1.29, 1.82) is 0 Å². The molecule has 1 aromatic heterocycles. The fraction of sp³-hybridized carbons (Fsp3) is 0.214. The molecule has 0 aliphatic heterocycles. The lowest BCUT2D eigenvalue weighted by Gasteiger charge is -2.26. The number of carboxylic acids is 1. The van der Waals surface area contributed by atoms with Crippen molar-refractivity contribution in [3.8, 4) is 0 Å². The van der Waals surface area contributed by atoms with Gasteiger partial charge in [0.25, 0.3) is 0 Å². The van der Waals surface area contributed by atoms with Crippen LogP contribution in [0, 0.1) is 0 Å². The average Bonchev–Trinajstić information content (AvgIpc) is 2.90. The molecule has 5 heteroatoms. The molecule has 2 rings (SSSR count). The van der Waals surface area contributed by atoms with Crippen LogP contribution < -0.4 is 4.90 Å². The minimum Gasteiger partial charge on any atom is -0.478 e. The molecule has 1 aromatic carbocycles. The van der Waals surface area contributed by atoms with E-state index in [0.717, 1.165) is 5.69 Å². The molecule has 0 radical (unpaired) electrons. The zero-order valence-electron chi connectivity index (χ0n) is 10.6. The lowest BCUT2D eigenvalue weighted by atomic mass is 10.1. The van der Waals surface area contributed by atoms with Gasteiger partial charge in [-0.15, -0.1) is 11.3 Å². The Labute approximate surface area is 121 Å². The van der Waals surface area contributed by atoms with Crippen LogP contribution in [-0.2, 0) is 0 Å². The first kappa shape index (κ1) is 13.9. The van der Waals surface area contributed by atoms with Crippen molar-refractivity contribution < 1.29 is 9.90 Å². The number of aromatic carboxylic acids is 1. The van der Waals surface area contributed by atoms with E-state index in [1.165, 1.54) is 10.9 Å². The van der Waals surface area contributed by atoms with Gasteiger partial charge < -0.3 is 10.0 Å². The minimum atomic E-state index is -1.01. The zero-order valence-corrected chi connectivity index (χ0v) is 12.2. The van der Waals surface area contributed by atoms with Crippen molar-refractivity contribution in [2.75, 3.05) is 11.9 Å². The summed E-state index contributed by atoms with van der Waals surface area (Å²) < 4.78 is 0. The number of halogens is 1. The maximum absolute atomic E-state index is 10.9. The molecular formula is C14H14ClNO2S. The molecule has 100 valence electrons. The molecule has 0 saturated heterocycles. The summed E-state index contributed by atoms with van der Waals surface area (Å²) in [5.41, 5.74) is 1.03. The Morgan fingerprint density at radius 1 is 1.42 bits per heavy atom. The topological polar surface area (TPSA) is 40.5 Å². The summed E-state index contributed by atoms with van der Waals surface area (Å²) in [4.78, 5) is 14.3. The third kappa shape index (κ3) is 2.91. The average molecular weight is 296 g/mol. The predicted molar refractivity (Wildman–Crippen MR) is 79.5 cm³/mol. The van der Waals surface area contributed by atoms with Gasteiger partial charge in [0, 0.05) is 17.6 Å². The Bertz CT molecular complexity index is 583. The molecule has 1 atom stereocenters. The lowest BCUT2D eigenvalue weighted by molar-refractivity contribution is 0.0697. The van der Waals surface area contributed by atoms with E-state index in [1.807, 2.05) is 18.5 Å². The predicted octanol–water partition coefficient (Wildman–Crippen LogP) is 4.30. The molecule has 1 heterocycles. The van der Waals surface area contributed by atoms with E-state index in [0.29, 0.717) is 0 Å². The van der Waals surface area contributed by atoms with Crippen LogP contribution in [0.4, 0.5) is 5.69 Å². The Balaban J connectivity index is 2.27. The number of carbonyl (C=O) groups is 1. The molecule has 1 unspecified atom stereocenters. The van der Waals surface area contributed by atoms with Gasteiger partial charge >= 0.3 is 5.97 Å². The number of hydrogen-bond donors (Lipinski definition) is 1. The Morgan fingerprint density at radius 2 is 2.16 bits per heavy atom. The molecule has 0 aliphatic carbocycles. The minimum absolute atomic E-state index is 0.127. The van der Waals surface area contributed by atoms with E-state index in [-0.39, 0.29) is 16.6 Å². The number of nitrogens with zero attached hydrogens (tertiary/aromatic N) is 1. The standard InChI is InChI=1S/C14H14ClNO2S/c1-9(13-4-3-7-19-13)16(2)10-5-6-11(14(17)18)12(15)8-10/h3-9H,1-2H3,(H,17,18). The van der Waals surface area contributed by atoms with Crippen LogP contribution >= 0.6 is 22.9 Å². The van der Waals surface area contributed by atoms with E-state index in [2.05, 4.69) is 17.9 Å². The van der Waals surface area contributed by atoms with Gasteiger partial charge in [-0.2, -0.15) is 0 Å². The summed E-state index contributed by atoms with van der Waals surface area (Å²) in [5, 5.41) is 11.3. The summed E-state index contributed by atoms with van der Waals surface area (Å²) in [5.74, 6) is -1.01. The van der Waals surface area contributed by atoms with Crippen LogP contribution in [0.5, 0.6) is 0 Å². The molecule has 0 fully saturated rings. The number of hydrogen-bond acceptors (Lipinski definition) is 3. The maximum atomic E-state index is 10.9. The second kappa shape index (κ2) is 5.63. The van der Waals surface area contributed by atoms with Gasteiger partial charge in [-0.3, -0.25) is 0 Å².